The highest BCUT2D eigenvalue weighted by Crippen LogP contribution is 2.35. The Kier molecular flexibility index (Phi) is 11.9. The van der Waals surface area contributed by atoms with Crippen molar-refractivity contribution in [3.8, 4) is 11.5 Å². The third-order valence-corrected chi connectivity index (χ3v) is 6.33. The number of nitrogens with zero attached hydrogens (tertiary/aromatic N) is 1. The molecule has 0 fully saturated rings. The van der Waals surface area contributed by atoms with Gasteiger partial charge in [-0.2, -0.15) is 0 Å². The van der Waals surface area contributed by atoms with Crippen molar-refractivity contribution < 1.29 is 29.0 Å². The van der Waals surface area contributed by atoms with Gasteiger partial charge in [-0.05, 0) is 82.5 Å². The van der Waals surface area contributed by atoms with E-state index in [0.29, 0.717) is 46.2 Å². The van der Waals surface area contributed by atoms with Crippen LogP contribution < -0.4 is 31.2 Å². The monoisotopic (exact) mass is 624 g/mol. The maximum Gasteiger partial charge on any atom is 0.341 e. The van der Waals surface area contributed by atoms with E-state index in [1.165, 1.54) is 12.1 Å². The zero-order chi connectivity index (χ0) is 32.4. The summed E-state index contributed by atoms with van der Waals surface area (Å²) >= 11 is 6.23. The molecule has 0 aromatic heterocycles. The topological polar surface area (TPSA) is 179 Å². The summed E-state index contributed by atoms with van der Waals surface area (Å²) in [5, 5.41) is 26.0. The van der Waals surface area contributed by atoms with Crippen LogP contribution in [-0.4, -0.2) is 73.5 Å². The molecule has 0 heterocycles. The molecule has 234 valence electrons. The summed E-state index contributed by atoms with van der Waals surface area (Å²) in [6.07, 6.45) is -0.300. The largest absolute Gasteiger partial charge is 0.487 e. The van der Waals surface area contributed by atoms with E-state index >= 15 is 0 Å². The Morgan fingerprint density at radius 3 is 2.34 bits per heavy atom. The number of nitrogens with one attached hydrogen (secondary N) is 4. The standard InChI is InChI=1S/C31H37ClN6O6/c1-18(2)44-26-14-20(30(41)35-11-12-38(3)4)13-21(28(26)43-17-27(39)40)16-36-25-10-7-22(32)15-24(25)31(42)37-23-8-5-19(6-9-23)29(33)34/h5-10,13-15,18,36H,11-12,16-17H2,1-4H3,(H3,33,34)(H,35,41)(H,37,42)(H,39,40). The number of aliphatic carboxylic acids is 1. The van der Waals surface area contributed by atoms with Crippen LogP contribution in [0.4, 0.5) is 11.4 Å². The first-order valence-corrected chi connectivity index (χ1v) is 14.1. The number of anilines is 2. The number of amidine groups is 1. The van der Waals surface area contributed by atoms with E-state index in [0.717, 1.165) is 0 Å². The van der Waals surface area contributed by atoms with Gasteiger partial charge in [-0.25, -0.2) is 4.79 Å². The van der Waals surface area contributed by atoms with Gasteiger partial charge >= 0.3 is 5.97 Å². The summed E-state index contributed by atoms with van der Waals surface area (Å²) in [6.45, 7) is 4.06. The fourth-order valence-electron chi connectivity index (χ4n) is 4.04. The average molecular weight is 625 g/mol. The smallest absolute Gasteiger partial charge is 0.341 e. The van der Waals surface area contributed by atoms with E-state index in [9.17, 15) is 19.5 Å². The van der Waals surface area contributed by atoms with Crippen LogP contribution in [0, 0.1) is 5.41 Å². The number of rotatable bonds is 15. The molecule has 3 aromatic carbocycles. The number of halogens is 1. The van der Waals surface area contributed by atoms with Gasteiger partial charge in [-0.15, -0.1) is 0 Å². The molecule has 13 heteroatoms. The Morgan fingerprint density at radius 1 is 1.02 bits per heavy atom. The predicted molar refractivity (Wildman–Crippen MR) is 170 cm³/mol. The Morgan fingerprint density at radius 2 is 1.73 bits per heavy atom. The lowest BCUT2D eigenvalue weighted by Crippen LogP contribution is -2.31. The lowest BCUT2D eigenvalue weighted by Gasteiger charge is -2.20. The number of nitrogen functional groups attached to an aromatic ring is 1. The molecule has 0 unspecified atom stereocenters. The van der Waals surface area contributed by atoms with Gasteiger partial charge in [0.2, 0.25) is 0 Å². The third kappa shape index (κ3) is 9.89. The summed E-state index contributed by atoms with van der Waals surface area (Å²) in [5.74, 6) is -1.70. The lowest BCUT2D eigenvalue weighted by atomic mass is 10.1. The number of carbonyl (C=O) groups is 3. The van der Waals surface area contributed by atoms with E-state index in [1.54, 1.807) is 56.3 Å². The minimum atomic E-state index is -1.18. The van der Waals surface area contributed by atoms with Crippen molar-refractivity contribution in [3.63, 3.8) is 0 Å². The number of carboxylic acid groups (broad SMARTS) is 1. The van der Waals surface area contributed by atoms with E-state index in [-0.39, 0.29) is 41.5 Å². The SMILES string of the molecule is CC(C)Oc1cc(C(=O)NCCN(C)C)cc(CNc2ccc(Cl)cc2C(=O)Nc2ccc(C(=N)N)cc2)c1OCC(=O)O. The molecular formula is C31H37ClN6O6. The van der Waals surface area contributed by atoms with Crippen molar-refractivity contribution >= 4 is 46.6 Å². The van der Waals surface area contributed by atoms with Crippen molar-refractivity contribution in [1.82, 2.24) is 10.2 Å². The van der Waals surface area contributed by atoms with Gasteiger partial charge in [0, 0.05) is 52.7 Å². The highest BCUT2D eigenvalue weighted by atomic mass is 35.5. The van der Waals surface area contributed by atoms with Crippen molar-refractivity contribution in [1.29, 1.82) is 5.41 Å². The summed E-state index contributed by atoms with van der Waals surface area (Å²) < 4.78 is 11.6. The number of likely N-dealkylation sites (N-methyl/N-ethyl adjacent to an activating group) is 1. The van der Waals surface area contributed by atoms with Gasteiger partial charge in [0.05, 0.1) is 11.7 Å². The molecule has 2 amide bonds. The highest BCUT2D eigenvalue weighted by Gasteiger charge is 2.21. The quantitative estimate of drug-likeness (QED) is 0.107. The first-order chi connectivity index (χ1) is 20.8. The number of hydrogen-bond donors (Lipinski definition) is 6. The molecule has 0 bridgehead atoms. The minimum Gasteiger partial charge on any atom is -0.487 e. The summed E-state index contributed by atoms with van der Waals surface area (Å²) in [6, 6.07) is 14.4. The fourth-order valence-corrected chi connectivity index (χ4v) is 4.21. The van der Waals surface area contributed by atoms with E-state index < -0.39 is 18.5 Å². The van der Waals surface area contributed by atoms with Crippen LogP contribution in [0.3, 0.4) is 0 Å². The molecule has 0 saturated carbocycles. The Hall–Kier alpha value is -4.81. The Bertz CT molecular complexity index is 1510. The zero-order valence-corrected chi connectivity index (χ0v) is 25.7. The maximum absolute atomic E-state index is 13.3. The average Bonchev–Trinajstić information content (AvgIpc) is 2.95. The van der Waals surface area contributed by atoms with Crippen molar-refractivity contribution in [2.75, 3.05) is 44.4 Å². The van der Waals surface area contributed by atoms with Crippen molar-refractivity contribution in [2.45, 2.75) is 26.5 Å². The van der Waals surface area contributed by atoms with E-state index in [1.807, 2.05) is 19.0 Å². The third-order valence-electron chi connectivity index (χ3n) is 6.09. The molecule has 12 nitrogen and oxygen atoms in total. The second-order valence-electron chi connectivity index (χ2n) is 10.4. The number of carboxylic acids is 1. The van der Waals surface area contributed by atoms with Gasteiger partial charge in [0.1, 0.15) is 5.84 Å². The van der Waals surface area contributed by atoms with Crippen LogP contribution in [-0.2, 0) is 11.3 Å². The summed E-state index contributed by atoms with van der Waals surface area (Å²) in [5.41, 5.74) is 7.90. The van der Waals surface area contributed by atoms with Crippen LogP contribution in [0.1, 0.15) is 45.7 Å². The number of carbonyl (C=O) groups excluding carboxylic acids is 2. The molecule has 0 aliphatic heterocycles. The number of ether oxygens (including phenoxy) is 2. The van der Waals surface area contributed by atoms with Crippen molar-refractivity contribution in [2.24, 2.45) is 5.73 Å². The number of hydrogen-bond acceptors (Lipinski definition) is 8. The first-order valence-electron chi connectivity index (χ1n) is 13.7. The van der Waals surface area contributed by atoms with E-state index in [2.05, 4.69) is 16.0 Å². The van der Waals surface area contributed by atoms with Gasteiger partial charge in [-0.1, -0.05) is 11.6 Å². The molecule has 0 saturated heterocycles. The first kappa shape index (κ1) is 33.7. The molecule has 3 aromatic rings. The van der Waals surface area contributed by atoms with E-state index in [4.69, 9.17) is 32.2 Å². The number of amides is 2. The van der Waals surface area contributed by atoms with Crippen LogP contribution in [0.5, 0.6) is 11.5 Å². The zero-order valence-electron chi connectivity index (χ0n) is 25.0. The second-order valence-corrected chi connectivity index (χ2v) is 10.8. The maximum atomic E-state index is 13.3. The van der Waals surface area contributed by atoms with Gasteiger partial charge in [-0.3, -0.25) is 15.0 Å². The van der Waals surface area contributed by atoms with Crippen LogP contribution in [0.2, 0.25) is 5.02 Å². The normalized spacial score (nSPS) is 10.8. The second kappa shape index (κ2) is 15.6. The number of nitrogens with two attached hydrogens (primary N) is 1. The van der Waals surface area contributed by atoms with Crippen LogP contribution in [0.15, 0.2) is 54.6 Å². The minimum absolute atomic E-state index is 0.0391. The van der Waals surface area contributed by atoms with Gasteiger partial charge in [0.25, 0.3) is 11.8 Å². The van der Waals surface area contributed by atoms with Gasteiger partial charge < -0.3 is 41.2 Å². The Balaban J connectivity index is 1.95. The fraction of sp³-hybridized carbons (Fsp3) is 0.290. The molecule has 44 heavy (non-hydrogen) atoms. The highest BCUT2D eigenvalue weighted by molar-refractivity contribution is 6.31. The Labute approximate surface area is 261 Å². The van der Waals surface area contributed by atoms with Crippen LogP contribution in [0.25, 0.3) is 0 Å². The lowest BCUT2D eigenvalue weighted by molar-refractivity contribution is -0.139. The molecule has 0 aliphatic rings. The summed E-state index contributed by atoms with van der Waals surface area (Å²) in [7, 11) is 3.79. The predicted octanol–water partition coefficient (Wildman–Crippen LogP) is 4.03. The molecule has 7 N–H and O–H groups in total. The molecule has 0 radical (unpaired) electrons. The van der Waals surface area contributed by atoms with Crippen LogP contribution >= 0.6 is 11.6 Å². The molecule has 0 atom stereocenters. The molecule has 0 spiro atoms. The molecule has 0 aliphatic carbocycles. The molecular weight excluding hydrogens is 588 g/mol. The molecule has 3 rings (SSSR count). The van der Waals surface area contributed by atoms with Crippen molar-refractivity contribution in [3.05, 3.63) is 81.9 Å². The number of benzene rings is 3. The summed E-state index contributed by atoms with van der Waals surface area (Å²) in [4.78, 5) is 39.7. The van der Waals surface area contributed by atoms with Gasteiger partial charge in [0.15, 0.2) is 18.1 Å².